The fraction of sp³-hybridized carbons (Fsp3) is 0.500. The Morgan fingerprint density at radius 1 is 1.33 bits per heavy atom. The normalized spacial score (nSPS) is 32.8. The van der Waals surface area contributed by atoms with Crippen LogP contribution in [0.3, 0.4) is 0 Å². The van der Waals surface area contributed by atoms with Crippen molar-refractivity contribution in [3.8, 4) is 0 Å². The average Bonchev–Trinajstić information content (AvgIpc) is 2.25. The van der Waals surface area contributed by atoms with E-state index in [0.717, 1.165) is 18.8 Å². The van der Waals surface area contributed by atoms with Crippen molar-refractivity contribution in [2.45, 2.75) is 11.7 Å². The molecule has 1 aromatic rings. The Labute approximate surface area is 93.7 Å². The van der Waals surface area contributed by atoms with Gasteiger partial charge in [0.25, 0.3) is 0 Å². The van der Waals surface area contributed by atoms with Gasteiger partial charge in [0, 0.05) is 29.6 Å². The fourth-order valence-corrected chi connectivity index (χ4v) is 3.83. The lowest BCUT2D eigenvalue weighted by molar-refractivity contribution is 0.301. The van der Waals surface area contributed by atoms with Gasteiger partial charge in [0.15, 0.2) is 0 Å². The van der Waals surface area contributed by atoms with Crippen LogP contribution in [0.15, 0.2) is 30.3 Å². The van der Waals surface area contributed by atoms with Gasteiger partial charge < -0.3 is 4.90 Å². The van der Waals surface area contributed by atoms with Gasteiger partial charge in [-0.15, -0.1) is 0 Å². The average molecular weight is 223 g/mol. The smallest absolute Gasteiger partial charge is 0.0805 e. The minimum absolute atomic E-state index is 0.200. The third-order valence-electron chi connectivity index (χ3n) is 3.12. The van der Waals surface area contributed by atoms with Crippen LogP contribution in [-0.2, 0) is 15.5 Å². The first-order valence-corrected chi connectivity index (χ1v) is 6.57. The molecule has 2 nitrogen and oxygen atoms in total. The van der Waals surface area contributed by atoms with E-state index in [4.69, 9.17) is 0 Å². The maximum atomic E-state index is 12.1. The molecule has 0 radical (unpaired) electrons. The summed E-state index contributed by atoms with van der Waals surface area (Å²) in [4.78, 5) is 2.26. The van der Waals surface area contributed by atoms with Crippen LogP contribution in [0.25, 0.3) is 0 Å². The molecule has 2 unspecified atom stereocenters. The molecule has 0 bridgehead atoms. The third kappa shape index (κ3) is 1.99. The fourth-order valence-electron chi connectivity index (χ4n) is 2.14. The summed E-state index contributed by atoms with van der Waals surface area (Å²) in [6.45, 7) is 3.92. The van der Waals surface area contributed by atoms with Crippen molar-refractivity contribution in [1.82, 2.24) is 4.90 Å². The molecule has 0 N–H and O–H groups in total. The van der Waals surface area contributed by atoms with Gasteiger partial charge in [-0.1, -0.05) is 30.3 Å². The second kappa shape index (κ2) is 4.06. The Balaban J connectivity index is 2.35. The van der Waals surface area contributed by atoms with E-state index in [9.17, 15) is 4.21 Å². The Hall–Kier alpha value is -0.670. The third-order valence-corrected chi connectivity index (χ3v) is 5.04. The van der Waals surface area contributed by atoms with Crippen molar-refractivity contribution in [3.05, 3.63) is 35.9 Å². The summed E-state index contributed by atoms with van der Waals surface area (Å²) >= 11 is 0. The van der Waals surface area contributed by atoms with Crippen LogP contribution >= 0.6 is 0 Å². The van der Waals surface area contributed by atoms with E-state index < -0.39 is 10.8 Å². The van der Waals surface area contributed by atoms with Gasteiger partial charge in [-0.3, -0.25) is 4.21 Å². The molecule has 0 spiro atoms. The first kappa shape index (κ1) is 10.8. The van der Waals surface area contributed by atoms with Crippen molar-refractivity contribution in [2.75, 3.05) is 25.9 Å². The Morgan fingerprint density at radius 3 is 2.67 bits per heavy atom. The summed E-state index contributed by atoms with van der Waals surface area (Å²) in [5, 5.41) is 0. The molecular weight excluding hydrogens is 206 g/mol. The van der Waals surface area contributed by atoms with Crippen molar-refractivity contribution in [2.24, 2.45) is 0 Å². The molecule has 3 heteroatoms. The lowest BCUT2D eigenvalue weighted by atomic mass is 9.99. The molecule has 1 aromatic carbocycles. The summed E-state index contributed by atoms with van der Waals surface area (Å²) in [5.74, 6) is 0.780. The lowest BCUT2D eigenvalue weighted by Gasteiger charge is -2.38. The van der Waals surface area contributed by atoms with Gasteiger partial charge in [0.05, 0.1) is 4.75 Å². The Kier molecular flexibility index (Phi) is 2.94. The molecule has 1 aliphatic heterocycles. The second-order valence-electron chi connectivity index (χ2n) is 4.38. The van der Waals surface area contributed by atoms with Crippen LogP contribution < -0.4 is 0 Å². The first-order valence-electron chi connectivity index (χ1n) is 5.25. The summed E-state index contributed by atoms with van der Waals surface area (Å²) < 4.78 is 11.9. The molecule has 1 heterocycles. The predicted octanol–water partition coefficient (Wildman–Crippen LogP) is 1.60. The molecule has 0 aliphatic carbocycles. The number of benzene rings is 1. The summed E-state index contributed by atoms with van der Waals surface area (Å²) in [6, 6.07) is 10.2. The lowest BCUT2D eigenvalue weighted by Crippen LogP contribution is -2.48. The zero-order valence-corrected chi connectivity index (χ0v) is 10.1. The van der Waals surface area contributed by atoms with E-state index in [1.165, 1.54) is 5.56 Å². The molecule has 0 amide bonds. The van der Waals surface area contributed by atoms with E-state index in [1.807, 2.05) is 18.2 Å². The Bertz CT molecular complexity index is 365. The zero-order valence-electron chi connectivity index (χ0n) is 9.27. The van der Waals surface area contributed by atoms with E-state index in [1.54, 1.807) is 0 Å². The highest BCUT2D eigenvalue weighted by Gasteiger charge is 2.37. The van der Waals surface area contributed by atoms with Crippen LogP contribution in [0, 0.1) is 0 Å². The topological polar surface area (TPSA) is 20.3 Å². The minimum atomic E-state index is -0.757. The highest BCUT2D eigenvalue weighted by Crippen LogP contribution is 2.31. The van der Waals surface area contributed by atoms with Gasteiger partial charge >= 0.3 is 0 Å². The molecule has 1 saturated heterocycles. The molecule has 1 fully saturated rings. The Morgan fingerprint density at radius 2 is 2.00 bits per heavy atom. The van der Waals surface area contributed by atoms with Crippen molar-refractivity contribution < 1.29 is 4.21 Å². The number of likely N-dealkylation sites (N-methyl/N-ethyl adjacent to an activating group) is 1. The van der Waals surface area contributed by atoms with Gasteiger partial charge in [-0.25, -0.2) is 0 Å². The van der Waals surface area contributed by atoms with Crippen molar-refractivity contribution >= 4 is 10.8 Å². The zero-order chi connectivity index (χ0) is 10.9. The molecule has 0 aromatic heterocycles. The van der Waals surface area contributed by atoms with E-state index >= 15 is 0 Å². The van der Waals surface area contributed by atoms with Crippen LogP contribution in [-0.4, -0.2) is 35.0 Å². The molecular formula is C12H17NOS. The molecule has 15 heavy (non-hydrogen) atoms. The minimum Gasteiger partial charge on any atom is -0.304 e. The van der Waals surface area contributed by atoms with Crippen LogP contribution in [0.1, 0.15) is 12.5 Å². The number of hydrogen-bond donors (Lipinski definition) is 0. The van der Waals surface area contributed by atoms with Crippen LogP contribution in [0.4, 0.5) is 0 Å². The van der Waals surface area contributed by atoms with Crippen molar-refractivity contribution in [3.63, 3.8) is 0 Å². The van der Waals surface area contributed by atoms with Crippen LogP contribution in [0.5, 0.6) is 0 Å². The standard InChI is InChI=1S/C12H17NOS/c1-12(11-6-4-3-5-7-11)10-13(2)8-9-15(12)14/h3-7H,8-10H2,1-2H3. The number of rotatable bonds is 1. The second-order valence-corrected chi connectivity index (χ2v) is 6.38. The van der Waals surface area contributed by atoms with E-state index in [2.05, 4.69) is 31.0 Å². The monoisotopic (exact) mass is 223 g/mol. The maximum absolute atomic E-state index is 12.1. The quantitative estimate of drug-likeness (QED) is 0.720. The highest BCUT2D eigenvalue weighted by molar-refractivity contribution is 7.86. The molecule has 0 saturated carbocycles. The molecule has 1 aliphatic rings. The van der Waals surface area contributed by atoms with Gasteiger partial charge in [-0.2, -0.15) is 0 Å². The van der Waals surface area contributed by atoms with E-state index in [-0.39, 0.29) is 4.75 Å². The van der Waals surface area contributed by atoms with Crippen molar-refractivity contribution in [1.29, 1.82) is 0 Å². The molecule has 2 atom stereocenters. The predicted molar refractivity (Wildman–Crippen MR) is 64.3 cm³/mol. The first-order chi connectivity index (χ1) is 7.13. The molecule has 2 rings (SSSR count). The number of hydrogen-bond acceptors (Lipinski definition) is 2. The SMILES string of the molecule is CN1CCS(=O)C(C)(c2ccccc2)C1. The van der Waals surface area contributed by atoms with Gasteiger partial charge in [0.1, 0.15) is 0 Å². The highest BCUT2D eigenvalue weighted by atomic mass is 32.2. The summed E-state index contributed by atoms with van der Waals surface area (Å²) in [7, 11) is 1.34. The van der Waals surface area contributed by atoms with Crippen LogP contribution in [0.2, 0.25) is 0 Å². The number of nitrogens with zero attached hydrogens (tertiary/aromatic N) is 1. The van der Waals surface area contributed by atoms with Gasteiger partial charge in [0.2, 0.25) is 0 Å². The summed E-state index contributed by atoms with van der Waals surface area (Å²) in [5.41, 5.74) is 1.19. The maximum Gasteiger partial charge on any atom is 0.0805 e. The van der Waals surface area contributed by atoms with E-state index in [0.29, 0.717) is 0 Å². The largest absolute Gasteiger partial charge is 0.304 e. The molecule has 82 valence electrons. The summed E-state index contributed by atoms with van der Waals surface area (Å²) in [6.07, 6.45) is 0. The van der Waals surface area contributed by atoms with Gasteiger partial charge in [-0.05, 0) is 19.5 Å².